The van der Waals surface area contributed by atoms with Crippen molar-refractivity contribution < 1.29 is 13.9 Å². The zero-order valence-corrected chi connectivity index (χ0v) is 10.4. The van der Waals surface area contributed by atoms with Gasteiger partial charge in [-0.3, -0.25) is 4.79 Å². The highest BCUT2D eigenvalue weighted by molar-refractivity contribution is 6.29. The zero-order chi connectivity index (χ0) is 12.5. The van der Waals surface area contributed by atoms with Crippen LogP contribution in [0.3, 0.4) is 0 Å². The number of ether oxygens (including phenoxy) is 1. The first-order chi connectivity index (χ1) is 8.74. The van der Waals surface area contributed by atoms with E-state index in [4.69, 9.17) is 20.8 Å². The van der Waals surface area contributed by atoms with Crippen LogP contribution in [0.2, 0.25) is 5.22 Å². The van der Waals surface area contributed by atoms with Gasteiger partial charge < -0.3 is 9.15 Å². The average molecular weight is 263 g/mol. The summed E-state index contributed by atoms with van der Waals surface area (Å²) < 4.78 is 10.6. The van der Waals surface area contributed by atoms with E-state index < -0.39 is 0 Å². The largest absolute Gasteiger partial charge is 0.493 e. The number of carbonyl (C=O) groups excluding carboxylic acids is 1. The van der Waals surface area contributed by atoms with Gasteiger partial charge in [-0.15, -0.1) is 0 Å². The fourth-order valence-corrected chi connectivity index (χ4v) is 2.23. The normalized spacial score (nSPS) is 13.8. The van der Waals surface area contributed by atoms with Crippen LogP contribution in [0.4, 0.5) is 0 Å². The molecule has 0 amide bonds. The molecule has 0 saturated heterocycles. The van der Waals surface area contributed by atoms with E-state index in [9.17, 15) is 4.79 Å². The summed E-state index contributed by atoms with van der Waals surface area (Å²) in [5.74, 6) is 0.974. The van der Waals surface area contributed by atoms with Gasteiger partial charge in [0.05, 0.1) is 6.61 Å². The van der Waals surface area contributed by atoms with Crippen LogP contribution in [0.5, 0.6) is 5.75 Å². The van der Waals surface area contributed by atoms with Gasteiger partial charge in [0, 0.05) is 5.56 Å². The SMILES string of the molecule is O=C(c1ccc2c(c1)CCCO2)c1ccc(Cl)o1. The van der Waals surface area contributed by atoms with Crippen molar-refractivity contribution >= 4 is 17.4 Å². The maximum atomic E-state index is 12.2. The molecule has 3 rings (SSSR count). The van der Waals surface area contributed by atoms with Gasteiger partial charge in [0.15, 0.2) is 11.0 Å². The maximum absolute atomic E-state index is 12.2. The van der Waals surface area contributed by atoms with Gasteiger partial charge in [-0.05, 0) is 60.3 Å². The van der Waals surface area contributed by atoms with Crippen LogP contribution >= 0.6 is 11.6 Å². The Bertz CT molecular complexity index is 601. The lowest BCUT2D eigenvalue weighted by atomic mass is 10.0. The molecule has 2 aromatic rings. The average Bonchev–Trinajstić information content (AvgIpc) is 2.84. The highest BCUT2D eigenvalue weighted by Gasteiger charge is 2.17. The van der Waals surface area contributed by atoms with Crippen LogP contribution in [0, 0.1) is 0 Å². The van der Waals surface area contributed by atoms with Crippen LogP contribution in [0.15, 0.2) is 34.7 Å². The highest BCUT2D eigenvalue weighted by Crippen LogP contribution is 2.27. The van der Waals surface area contributed by atoms with Gasteiger partial charge in [-0.1, -0.05) is 0 Å². The Kier molecular flexibility index (Phi) is 2.84. The van der Waals surface area contributed by atoms with Gasteiger partial charge in [0.25, 0.3) is 0 Å². The van der Waals surface area contributed by atoms with E-state index in [-0.39, 0.29) is 16.8 Å². The van der Waals surface area contributed by atoms with Crippen molar-refractivity contribution in [2.75, 3.05) is 6.61 Å². The summed E-state index contributed by atoms with van der Waals surface area (Å²) in [4.78, 5) is 12.2. The molecule has 18 heavy (non-hydrogen) atoms. The Morgan fingerprint density at radius 1 is 1.22 bits per heavy atom. The molecule has 3 nitrogen and oxygen atoms in total. The summed E-state index contributed by atoms with van der Waals surface area (Å²) in [6, 6.07) is 8.61. The molecule has 0 saturated carbocycles. The summed E-state index contributed by atoms with van der Waals surface area (Å²) in [6.07, 6.45) is 1.92. The van der Waals surface area contributed by atoms with E-state index in [0.29, 0.717) is 5.56 Å². The van der Waals surface area contributed by atoms with E-state index in [1.54, 1.807) is 18.2 Å². The number of rotatable bonds is 2. The van der Waals surface area contributed by atoms with Crippen LogP contribution < -0.4 is 4.74 Å². The standard InChI is InChI=1S/C14H11ClO3/c15-13-6-5-12(18-13)14(16)10-3-4-11-9(8-10)2-1-7-17-11/h3-6,8H,1-2,7H2. The molecule has 1 aromatic heterocycles. The Labute approximate surface area is 109 Å². The third-order valence-corrected chi connectivity index (χ3v) is 3.17. The van der Waals surface area contributed by atoms with Crippen molar-refractivity contribution in [1.29, 1.82) is 0 Å². The predicted octanol–water partition coefficient (Wildman–Crippen LogP) is 3.49. The number of halogens is 1. The molecule has 92 valence electrons. The predicted molar refractivity (Wildman–Crippen MR) is 67.4 cm³/mol. The minimum atomic E-state index is -0.157. The lowest BCUT2D eigenvalue weighted by Crippen LogP contribution is -2.09. The Morgan fingerprint density at radius 2 is 2.11 bits per heavy atom. The molecule has 1 aromatic carbocycles. The maximum Gasteiger partial charge on any atom is 0.228 e. The molecule has 0 atom stereocenters. The quantitative estimate of drug-likeness (QED) is 0.778. The topological polar surface area (TPSA) is 39.4 Å². The lowest BCUT2D eigenvalue weighted by molar-refractivity contribution is 0.101. The number of ketones is 1. The second-order valence-electron chi connectivity index (χ2n) is 4.21. The zero-order valence-electron chi connectivity index (χ0n) is 9.61. The lowest BCUT2D eigenvalue weighted by Gasteiger charge is -2.17. The van der Waals surface area contributed by atoms with Crippen molar-refractivity contribution in [3.05, 3.63) is 52.4 Å². The fourth-order valence-electron chi connectivity index (χ4n) is 2.08. The molecule has 0 radical (unpaired) electrons. The monoisotopic (exact) mass is 262 g/mol. The smallest absolute Gasteiger partial charge is 0.228 e. The molecule has 0 unspecified atom stereocenters. The van der Waals surface area contributed by atoms with E-state index >= 15 is 0 Å². The number of aryl methyl sites for hydroxylation is 1. The molecule has 4 heteroatoms. The van der Waals surface area contributed by atoms with Crippen molar-refractivity contribution in [3.8, 4) is 5.75 Å². The van der Waals surface area contributed by atoms with Crippen LogP contribution in [0.1, 0.15) is 28.1 Å². The molecule has 1 aliphatic rings. The molecule has 0 N–H and O–H groups in total. The van der Waals surface area contributed by atoms with Gasteiger partial charge in [-0.2, -0.15) is 0 Å². The molecule has 0 bridgehead atoms. The van der Waals surface area contributed by atoms with Crippen LogP contribution in [-0.2, 0) is 6.42 Å². The number of fused-ring (bicyclic) bond motifs is 1. The molecule has 0 spiro atoms. The van der Waals surface area contributed by atoms with Crippen molar-refractivity contribution in [3.63, 3.8) is 0 Å². The fraction of sp³-hybridized carbons (Fsp3) is 0.214. The molecular formula is C14H11ClO3. The van der Waals surface area contributed by atoms with Crippen molar-refractivity contribution in [2.24, 2.45) is 0 Å². The third-order valence-electron chi connectivity index (χ3n) is 2.97. The summed E-state index contributed by atoms with van der Waals surface area (Å²) in [7, 11) is 0. The molecule has 1 aliphatic heterocycles. The molecule has 0 fully saturated rings. The molecule has 0 aliphatic carbocycles. The van der Waals surface area contributed by atoms with E-state index in [2.05, 4.69) is 0 Å². The van der Waals surface area contributed by atoms with Crippen molar-refractivity contribution in [2.45, 2.75) is 12.8 Å². The van der Waals surface area contributed by atoms with Gasteiger partial charge in [0.2, 0.25) is 5.78 Å². The Morgan fingerprint density at radius 3 is 2.89 bits per heavy atom. The van der Waals surface area contributed by atoms with E-state index in [0.717, 1.165) is 30.8 Å². The van der Waals surface area contributed by atoms with E-state index in [1.807, 2.05) is 12.1 Å². The first kappa shape index (κ1) is 11.4. The summed E-state index contributed by atoms with van der Waals surface area (Å²) in [5, 5.41) is 0.222. The van der Waals surface area contributed by atoms with Gasteiger partial charge in [-0.25, -0.2) is 0 Å². The summed E-state index contributed by atoms with van der Waals surface area (Å²) >= 11 is 5.67. The third kappa shape index (κ3) is 2.02. The summed E-state index contributed by atoms with van der Waals surface area (Å²) in [5.41, 5.74) is 1.68. The Balaban J connectivity index is 1.95. The number of hydrogen-bond donors (Lipinski definition) is 0. The second kappa shape index (κ2) is 4.50. The van der Waals surface area contributed by atoms with Crippen LogP contribution in [-0.4, -0.2) is 12.4 Å². The highest BCUT2D eigenvalue weighted by atomic mass is 35.5. The number of carbonyl (C=O) groups is 1. The minimum absolute atomic E-state index is 0.157. The molecular weight excluding hydrogens is 252 g/mol. The first-order valence-corrected chi connectivity index (χ1v) is 6.17. The van der Waals surface area contributed by atoms with Crippen molar-refractivity contribution in [1.82, 2.24) is 0 Å². The number of benzene rings is 1. The van der Waals surface area contributed by atoms with Crippen LogP contribution in [0.25, 0.3) is 0 Å². The molecule has 2 heterocycles. The van der Waals surface area contributed by atoms with E-state index in [1.165, 1.54) is 0 Å². The van der Waals surface area contributed by atoms with Gasteiger partial charge >= 0.3 is 0 Å². The summed E-state index contributed by atoms with van der Waals surface area (Å²) in [6.45, 7) is 0.744. The second-order valence-corrected chi connectivity index (χ2v) is 4.58. The number of furan rings is 1. The minimum Gasteiger partial charge on any atom is -0.493 e. The van der Waals surface area contributed by atoms with Gasteiger partial charge in [0.1, 0.15) is 5.75 Å². The number of hydrogen-bond acceptors (Lipinski definition) is 3. The first-order valence-electron chi connectivity index (χ1n) is 5.80. The Hall–Kier alpha value is -1.74.